The molecule has 1 N–H and O–H groups in total. The summed E-state index contributed by atoms with van der Waals surface area (Å²) in [5.41, 5.74) is 7.16. The van der Waals surface area contributed by atoms with Crippen molar-refractivity contribution in [2.75, 3.05) is 11.9 Å². The molecule has 0 amide bonds. The van der Waals surface area contributed by atoms with Gasteiger partial charge in [0.25, 0.3) is 0 Å². The molecule has 9 heteroatoms. The normalized spacial score (nSPS) is 11.5. The minimum absolute atomic E-state index is 0.187. The van der Waals surface area contributed by atoms with Crippen LogP contribution in [0.1, 0.15) is 38.1 Å². The van der Waals surface area contributed by atoms with Crippen LogP contribution in [0.25, 0.3) is 27.9 Å². The Labute approximate surface area is 191 Å². The molecule has 168 valence electrons. The maximum absolute atomic E-state index is 5.78. The van der Waals surface area contributed by atoms with Crippen LogP contribution in [0, 0.1) is 6.92 Å². The highest BCUT2D eigenvalue weighted by molar-refractivity contribution is 5.93. The SMILES string of the molecule is CCOc1ncccc1-c1cc(NCc2cccn3cnnc23)c2c(n1)c(C)nn2C(C)C. The predicted octanol–water partition coefficient (Wildman–Crippen LogP) is 4.44. The summed E-state index contributed by atoms with van der Waals surface area (Å²) >= 11 is 0. The maximum atomic E-state index is 5.78. The lowest BCUT2D eigenvalue weighted by molar-refractivity contribution is 0.328. The number of nitrogens with zero attached hydrogens (tertiary/aromatic N) is 7. The highest BCUT2D eigenvalue weighted by Crippen LogP contribution is 2.34. The number of nitrogens with one attached hydrogen (secondary N) is 1. The lowest BCUT2D eigenvalue weighted by atomic mass is 10.1. The largest absolute Gasteiger partial charge is 0.477 e. The molecule has 0 spiro atoms. The van der Waals surface area contributed by atoms with Crippen LogP contribution in [0.4, 0.5) is 5.69 Å². The Morgan fingerprint density at radius 3 is 2.88 bits per heavy atom. The van der Waals surface area contributed by atoms with Gasteiger partial charge in [-0.3, -0.25) is 9.08 Å². The molecule has 5 aromatic heterocycles. The second-order valence-corrected chi connectivity index (χ2v) is 8.11. The van der Waals surface area contributed by atoms with Gasteiger partial charge in [0, 0.05) is 30.5 Å². The molecule has 33 heavy (non-hydrogen) atoms. The Hall–Kier alpha value is -4.01. The first-order valence-corrected chi connectivity index (χ1v) is 11.1. The molecule has 0 fully saturated rings. The minimum atomic E-state index is 0.187. The Morgan fingerprint density at radius 1 is 1.18 bits per heavy atom. The topological polar surface area (TPSA) is 95.1 Å². The van der Waals surface area contributed by atoms with Crippen LogP contribution in [0.15, 0.2) is 49.1 Å². The van der Waals surface area contributed by atoms with Crippen molar-refractivity contribution in [2.45, 2.75) is 40.3 Å². The van der Waals surface area contributed by atoms with Crippen molar-refractivity contribution >= 4 is 22.4 Å². The zero-order chi connectivity index (χ0) is 22.9. The molecule has 0 radical (unpaired) electrons. The fourth-order valence-electron chi connectivity index (χ4n) is 4.00. The van der Waals surface area contributed by atoms with Gasteiger partial charge in [0.05, 0.1) is 29.2 Å². The summed E-state index contributed by atoms with van der Waals surface area (Å²) in [5, 5.41) is 16.7. The number of rotatable bonds is 7. The van der Waals surface area contributed by atoms with Gasteiger partial charge in [0.15, 0.2) is 5.65 Å². The van der Waals surface area contributed by atoms with E-state index in [9.17, 15) is 0 Å². The van der Waals surface area contributed by atoms with Gasteiger partial charge in [-0.2, -0.15) is 5.10 Å². The van der Waals surface area contributed by atoms with E-state index in [1.807, 2.05) is 53.4 Å². The molecule has 0 aliphatic heterocycles. The van der Waals surface area contributed by atoms with E-state index in [0.717, 1.165) is 44.9 Å². The third-order valence-corrected chi connectivity index (χ3v) is 5.51. The molecular formula is C24H26N8O. The molecule has 9 nitrogen and oxygen atoms in total. The van der Waals surface area contributed by atoms with E-state index in [4.69, 9.17) is 14.8 Å². The number of hydrogen-bond donors (Lipinski definition) is 1. The number of fused-ring (bicyclic) bond motifs is 2. The third kappa shape index (κ3) is 3.75. The highest BCUT2D eigenvalue weighted by atomic mass is 16.5. The summed E-state index contributed by atoms with van der Waals surface area (Å²) in [6.45, 7) is 9.29. The Morgan fingerprint density at radius 2 is 2.06 bits per heavy atom. The fourth-order valence-corrected chi connectivity index (χ4v) is 4.00. The number of ether oxygens (including phenoxy) is 1. The molecule has 0 bridgehead atoms. The third-order valence-electron chi connectivity index (χ3n) is 5.51. The van der Waals surface area contributed by atoms with Crippen LogP contribution in [0.3, 0.4) is 0 Å². The molecular weight excluding hydrogens is 416 g/mol. The Kier molecular flexibility index (Phi) is 5.37. The molecule has 0 aliphatic carbocycles. The number of aryl methyl sites for hydroxylation is 1. The number of anilines is 1. The molecule has 0 aliphatic rings. The maximum Gasteiger partial charge on any atom is 0.222 e. The van der Waals surface area contributed by atoms with Gasteiger partial charge in [0.2, 0.25) is 5.88 Å². The second kappa shape index (κ2) is 8.50. The summed E-state index contributed by atoms with van der Waals surface area (Å²) in [6.07, 6.45) is 5.38. The van der Waals surface area contributed by atoms with Gasteiger partial charge in [-0.15, -0.1) is 10.2 Å². The molecule has 0 unspecified atom stereocenters. The lowest BCUT2D eigenvalue weighted by Crippen LogP contribution is -2.08. The van der Waals surface area contributed by atoms with Crippen molar-refractivity contribution in [2.24, 2.45) is 0 Å². The summed E-state index contributed by atoms with van der Waals surface area (Å²) in [6, 6.07) is 10.2. The number of hydrogen-bond acceptors (Lipinski definition) is 7. The average Bonchev–Trinajstić information content (AvgIpc) is 3.43. The van der Waals surface area contributed by atoms with Crippen molar-refractivity contribution in [1.29, 1.82) is 0 Å². The van der Waals surface area contributed by atoms with Crippen molar-refractivity contribution in [1.82, 2.24) is 34.3 Å². The van der Waals surface area contributed by atoms with E-state index in [2.05, 4.69) is 40.4 Å². The zero-order valence-corrected chi connectivity index (χ0v) is 19.1. The van der Waals surface area contributed by atoms with Crippen LogP contribution in [-0.4, -0.2) is 41.0 Å². The molecule has 0 saturated heterocycles. The van der Waals surface area contributed by atoms with Gasteiger partial charge in [0.1, 0.15) is 17.4 Å². The first-order chi connectivity index (χ1) is 16.1. The first-order valence-electron chi connectivity index (χ1n) is 11.1. The van der Waals surface area contributed by atoms with E-state index in [1.165, 1.54) is 0 Å². The van der Waals surface area contributed by atoms with Gasteiger partial charge < -0.3 is 10.1 Å². The molecule has 0 saturated carbocycles. The van der Waals surface area contributed by atoms with Gasteiger partial charge in [-0.05, 0) is 52.0 Å². The molecule has 0 aromatic carbocycles. The van der Waals surface area contributed by atoms with E-state index < -0.39 is 0 Å². The van der Waals surface area contributed by atoms with E-state index in [-0.39, 0.29) is 6.04 Å². The Balaban J connectivity index is 1.65. The molecule has 5 heterocycles. The van der Waals surface area contributed by atoms with Crippen LogP contribution in [-0.2, 0) is 6.54 Å². The van der Waals surface area contributed by atoms with Crippen LogP contribution < -0.4 is 10.1 Å². The lowest BCUT2D eigenvalue weighted by Gasteiger charge is -2.15. The van der Waals surface area contributed by atoms with Gasteiger partial charge in [-0.25, -0.2) is 9.97 Å². The average molecular weight is 443 g/mol. The predicted molar refractivity (Wildman–Crippen MR) is 127 cm³/mol. The quantitative estimate of drug-likeness (QED) is 0.398. The van der Waals surface area contributed by atoms with Gasteiger partial charge >= 0.3 is 0 Å². The monoisotopic (exact) mass is 442 g/mol. The first kappa shape index (κ1) is 20.9. The summed E-state index contributed by atoms with van der Waals surface area (Å²) in [5.74, 6) is 0.569. The van der Waals surface area contributed by atoms with Crippen molar-refractivity contribution in [3.63, 3.8) is 0 Å². The zero-order valence-electron chi connectivity index (χ0n) is 19.1. The molecule has 5 aromatic rings. The summed E-state index contributed by atoms with van der Waals surface area (Å²) in [7, 11) is 0. The Bertz CT molecular complexity index is 1440. The van der Waals surface area contributed by atoms with E-state index in [0.29, 0.717) is 19.0 Å². The van der Waals surface area contributed by atoms with Crippen LogP contribution >= 0.6 is 0 Å². The van der Waals surface area contributed by atoms with E-state index >= 15 is 0 Å². The van der Waals surface area contributed by atoms with Crippen molar-refractivity contribution < 1.29 is 4.74 Å². The van der Waals surface area contributed by atoms with Crippen molar-refractivity contribution in [3.8, 4) is 17.1 Å². The van der Waals surface area contributed by atoms with E-state index in [1.54, 1.807) is 12.5 Å². The molecule has 0 atom stereocenters. The smallest absolute Gasteiger partial charge is 0.222 e. The second-order valence-electron chi connectivity index (χ2n) is 8.11. The van der Waals surface area contributed by atoms with Crippen LogP contribution in [0.5, 0.6) is 5.88 Å². The van der Waals surface area contributed by atoms with Crippen LogP contribution in [0.2, 0.25) is 0 Å². The standard InChI is InChI=1S/C24H26N8O/c1-5-33-24-18(9-6-10-25-24)19-12-20(22-21(28-19)16(4)30-32(22)15(2)3)26-13-17-8-7-11-31-14-27-29-23(17)31/h6-12,14-15H,5,13H2,1-4H3,(H,26,28). The fraction of sp³-hybridized carbons (Fsp3) is 0.292. The minimum Gasteiger partial charge on any atom is -0.477 e. The number of pyridine rings is 3. The van der Waals surface area contributed by atoms with Gasteiger partial charge in [-0.1, -0.05) is 6.07 Å². The summed E-state index contributed by atoms with van der Waals surface area (Å²) in [4.78, 5) is 9.39. The molecule has 5 rings (SSSR count). The highest BCUT2D eigenvalue weighted by Gasteiger charge is 2.19. The number of aromatic nitrogens is 7. The summed E-state index contributed by atoms with van der Waals surface area (Å²) < 4.78 is 9.71. The van der Waals surface area contributed by atoms with Crippen molar-refractivity contribution in [3.05, 3.63) is 60.3 Å².